The predicted molar refractivity (Wildman–Crippen MR) is 85.2 cm³/mol. The molecule has 3 aliphatic rings. The Balaban J connectivity index is 1.71. The lowest BCUT2D eigenvalue weighted by molar-refractivity contribution is -0.00727. The number of rotatable bonds is 2. The molecule has 6 nitrogen and oxygen atoms in total. The maximum atomic E-state index is 11.8. The van der Waals surface area contributed by atoms with Crippen molar-refractivity contribution in [1.82, 2.24) is 4.90 Å². The van der Waals surface area contributed by atoms with Gasteiger partial charge in [-0.25, -0.2) is 9.79 Å². The first-order valence-corrected chi connectivity index (χ1v) is 7.75. The Hall–Kier alpha value is -2.63. The SMILES string of the molecule is CCOC(=O)OC1N=C2C=NC=CN2C2c3ccccc3CC12. The minimum atomic E-state index is -0.673. The Kier molecular flexibility index (Phi) is 3.37. The van der Waals surface area contributed by atoms with E-state index in [4.69, 9.17) is 9.47 Å². The third-order valence-corrected chi connectivity index (χ3v) is 4.41. The van der Waals surface area contributed by atoms with Crippen LogP contribution in [0.3, 0.4) is 0 Å². The first-order valence-electron chi connectivity index (χ1n) is 7.75. The van der Waals surface area contributed by atoms with Crippen LogP contribution in [0.2, 0.25) is 0 Å². The highest BCUT2D eigenvalue weighted by Crippen LogP contribution is 2.45. The van der Waals surface area contributed by atoms with Crippen LogP contribution in [0.5, 0.6) is 0 Å². The molecule has 1 aliphatic carbocycles. The van der Waals surface area contributed by atoms with Gasteiger partial charge in [-0.15, -0.1) is 0 Å². The molecule has 1 aromatic rings. The van der Waals surface area contributed by atoms with Crippen molar-refractivity contribution in [2.75, 3.05) is 6.61 Å². The molecule has 2 heterocycles. The molecule has 3 atom stereocenters. The highest BCUT2D eigenvalue weighted by molar-refractivity contribution is 6.30. The molecular formula is C17H17N3O3. The van der Waals surface area contributed by atoms with Crippen LogP contribution < -0.4 is 0 Å². The van der Waals surface area contributed by atoms with E-state index in [0.29, 0.717) is 5.84 Å². The minimum Gasteiger partial charge on any atom is -0.435 e. The van der Waals surface area contributed by atoms with Crippen LogP contribution in [0.25, 0.3) is 0 Å². The maximum absolute atomic E-state index is 11.8. The summed E-state index contributed by atoms with van der Waals surface area (Å²) >= 11 is 0. The van der Waals surface area contributed by atoms with Gasteiger partial charge in [0.25, 0.3) is 0 Å². The number of carbonyl (C=O) groups excluding carboxylic acids is 1. The molecule has 0 fully saturated rings. The lowest BCUT2D eigenvalue weighted by atomic mass is 9.95. The largest absolute Gasteiger partial charge is 0.510 e. The van der Waals surface area contributed by atoms with Crippen molar-refractivity contribution in [3.63, 3.8) is 0 Å². The molecule has 2 aliphatic heterocycles. The van der Waals surface area contributed by atoms with E-state index in [-0.39, 0.29) is 18.6 Å². The summed E-state index contributed by atoms with van der Waals surface area (Å²) in [5, 5.41) is 0. The number of amidine groups is 1. The molecule has 0 spiro atoms. The van der Waals surface area contributed by atoms with E-state index in [1.165, 1.54) is 11.1 Å². The van der Waals surface area contributed by atoms with Gasteiger partial charge in [0.05, 0.1) is 18.9 Å². The molecule has 118 valence electrons. The van der Waals surface area contributed by atoms with E-state index in [0.717, 1.165) is 6.42 Å². The average Bonchev–Trinajstić information content (AvgIpc) is 2.95. The van der Waals surface area contributed by atoms with E-state index in [1.807, 2.05) is 18.3 Å². The van der Waals surface area contributed by atoms with Gasteiger partial charge in [-0.1, -0.05) is 24.3 Å². The van der Waals surface area contributed by atoms with Crippen molar-refractivity contribution >= 4 is 18.2 Å². The third-order valence-electron chi connectivity index (χ3n) is 4.41. The fourth-order valence-corrected chi connectivity index (χ4v) is 3.51. The van der Waals surface area contributed by atoms with Gasteiger partial charge in [0.15, 0.2) is 5.84 Å². The number of aliphatic imine (C=N–C) groups is 2. The normalized spacial score (nSPS) is 26.9. The quantitative estimate of drug-likeness (QED) is 0.788. The summed E-state index contributed by atoms with van der Waals surface area (Å²) < 4.78 is 10.4. The average molecular weight is 311 g/mol. The van der Waals surface area contributed by atoms with Crippen LogP contribution >= 0.6 is 0 Å². The molecule has 23 heavy (non-hydrogen) atoms. The molecule has 0 aromatic heterocycles. The van der Waals surface area contributed by atoms with Crippen LogP contribution in [0.15, 0.2) is 46.7 Å². The first-order chi connectivity index (χ1) is 11.3. The van der Waals surface area contributed by atoms with Crippen molar-refractivity contribution in [3.05, 3.63) is 47.8 Å². The van der Waals surface area contributed by atoms with E-state index >= 15 is 0 Å². The monoisotopic (exact) mass is 311 g/mol. The van der Waals surface area contributed by atoms with Crippen LogP contribution in [-0.2, 0) is 15.9 Å². The zero-order chi connectivity index (χ0) is 15.8. The number of nitrogens with zero attached hydrogens (tertiary/aromatic N) is 3. The van der Waals surface area contributed by atoms with Gasteiger partial charge in [-0.2, -0.15) is 0 Å². The number of benzene rings is 1. The summed E-state index contributed by atoms with van der Waals surface area (Å²) in [6.45, 7) is 2.04. The lowest BCUT2D eigenvalue weighted by Crippen LogP contribution is -2.45. The standard InChI is InChI=1S/C17H17N3O3/c1-2-22-17(21)23-16-13-9-11-5-3-4-6-12(11)15(13)20-8-7-18-10-14(20)19-16/h3-8,10,13,15-16H,2,9H2,1H3. The van der Waals surface area contributed by atoms with E-state index in [2.05, 4.69) is 27.0 Å². The second kappa shape index (κ2) is 5.53. The Bertz CT molecular complexity index is 726. The second-order valence-electron chi connectivity index (χ2n) is 5.67. The van der Waals surface area contributed by atoms with Gasteiger partial charge in [0.1, 0.15) is 0 Å². The molecule has 3 unspecified atom stereocenters. The topological polar surface area (TPSA) is 63.5 Å². The smallest absolute Gasteiger partial charge is 0.435 e. The van der Waals surface area contributed by atoms with Gasteiger partial charge < -0.3 is 14.4 Å². The fourth-order valence-electron chi connectivity index (χ4n) is 3.51. The molecule has 6 heteroatoms. The van der Waals surface area contributed by atoms with E-state index < -0.39 is 12.4 Å². The maximum Gasteiger partial charge on any atom is 0.510 e. The van der Waals surface area contributed by atoms with Gasteiger partial charge in [0, 0.05) is 18.3 Å². The van der Waals surface area contributed by atoms with E-state index in [1.54, 1.807) is 19.3 Å². The number of hydrogen-bond donors (Lipinski definition) is 0. The molecular weight excluding hydrogens is 294 g/mol. The van der Waals surface area contributed by atoms with Gasteiger partial charge in [-0.3, -0.25) is 4.99 Å². The van der Waals surface area contributed by atoms with Crippen molar-refractivity contribution < 1.29 is 14.3 Å². The van der Waals surface area contributed by atoms with Crippen LogP contribution in [0.4, 0.5) is 4.79 Å². The number of hydrogen-bond acceptors (Lipinski definition) is 6. The van der Waals surface area contributed by atoms with Gasteiger partial charge >= 0.3 is 6.16 Å². The Morgan fingerprint density at radius 3 is 3.13 bits per heavy atom. The summed E-state index contributed by atoms with van der Waals surface area (Å²) in [6, 6.07) is 8.42. The Morgan fingerprint density at radius 1 is 1.39 bits per heavy atom. The van der Waals surface area contributed by atoms with Gasteiger partial charge in [-0.05, 0) is 24.5 Å². The zero-order valence-corrected chi connectivity index (χ0v) is 12.8. The highest BCUT2D eigenvalue weighted by atomic mass is 16.7. The molecule has 0 bridgehead atoms. The second-order valence-corrected chi connectivity index (χ2v) is 5.67. The van der Waals surface area contributed by atoms with Crippen LogP contribution in [-0.4, -0.2) is 35.9 Å². The van der Waals surface area contributed by atoms with E-state index in [9.17, 15) is 4.79 Å². The van der Waals surface area contributed by atoms with Crippen molar-refractivity contribution in [3.8, 4) is 0 Å². The van der Waals surface area contributed by atoms with Crippen LogP contribution in [0.1, 0.15) is 24.1 Å². The predicted octanol–water partition coefficient (Wildman–Crippen LogP) is 2.67. The molecule has 0 saturated carbocycles. The third kappa shape index (κ3) is 2.30. The fraction of sp³-hybridized carbons (Fsp3) is 0.353. The summed E-state index contributed by atoms with van der Waals surface area (Å²) in [6.07, 6.45) is 4.97. The first kappa shape index (κ1) is 14.0. The summed E-state index contributed by atoms with van der Waals surface area (Å²) in [5.74, 6) is 0.774. The summed E-state index contributed by atoms with van der Waals surface area (Å²) in [5.41, 5.74) is 2.52. The zero-order valence-electron chi connectivity index (χ0n) is 12.8. The Labute approximate surface area is 134 Å². The highest BCUT2D eigenvalue weighted by Gasteiger charge is 2.46. The van der Waals surface area contributed by atoms with Crippen molar-refractivity contribution in [2.24, 2.45) is 15.9 Å². The molecule has 1 aromatic carbocycles. The molecule has 0 saturated heterocycles. The number of ether oxygens (including phenoxy) is 2. The number of fused-ring (bicyclic) bond motifs is 5. The summed E-state index contributed by atoms with van der Waals surface area (Å²) in [7, 11) is 0. The van der Waals surface area contributed by atoms with Crippen LogP contribution in [0, 0.1) is 5.92 Å². The van der Waals surface area contributed by atoms with Crippen molar-refractivity contribution in [1.29, 1.82) is 0 Å². The summed E-state index contributed by atoms with van der Waals surface area (Å²) in [4.78, 5) is 22.6. The van der Waals surface area contributed by atoms with Gasteiger partial charge in [0.2, 0.25) is 6.23 Å². The Morgan fingerprint density at radius 2 is 2.26 bits per heavy atom. The minimum absolute atomic E-state index is 0.0664. The molecule has 0 N–H and O–H groups in total. The number of carbonyl (C=O) groups is 1. The lowest BCUT2D eigenvalue weighted by Gasteiger charge is -2.39. The molecule has 0 radical (unpaired) electrons. The molecule has 4 rings (SSSR count). The van der Waals surface area contributed by atoms with Crippen molar-refractivity contribution in [2.45, 2.75) is 25.6 Å². The molecule has 0 amide bonds.